The molecule has 2 unspecified atom stereocenters. The molecule has 0 saturated heterocycles. The zero-order valence-electron chi connectivity index (χ0n) is 70.3. The minimum Gasteiger partial charge on any atom is -0.462 e. The summed E-state index contributed by atoms with van der Waals surface area (Å²) in [5, 5.41) is 10.7. The van der Waals surface area contributed by atoms with Crippen LogP contribution in [-0.2, 0) is 65.4 Å². The van der Waals surface area contributed by atoms with Crippen LogP contribution in [0.4, 0.5) is 0 Å². The molecule has 0 heterocycles. The van der Waals surface area contributed by atoms with Crippen molar-refractivity contribution in [2.75, 3.05) is 39.6 Å². The lowest BCUT2D eigenvalue weighted by molar-refractivity contribution is -0.161. The molecule has 0 saturated carbocycles. The van der Waals surface area contributed by atoms with Gasteiger partial charge in [0, 0.05) is 25.7 Å². The molecule has 19 heteroatoms. The number of carbonyl (C=O) groups is 4. The van der Waals surface area contributed by atoms with Crippen LogP contribution in [0, 0.1) is 5.92 Å². The largest absolute Gasteiger partial charge is 0.472 e. The van der Waals surface area contributed by atoms with Crippen LogP contribution >= 0.6 is 15.6 Å². The maximum atomic E-state index is 13.2. The second-order valence-electron chi connectivity index (χ2n) is 32.1. The molecule has 3 N–H and O–H groups in total. The molecule has 636 valence electrons. The van der Waals surface area contributed by atoms with Gasteiger partial charge >= 0.3 is 39.5 Å². The molecular formula is C88H172O17P2. The van der Waals surface area contributed by atoms with E-state index in [1.165, 1.54) is 302 Å². The van der Waals surface area contributed by atoms with Crippen molar-refractivity contribution < 1.29 is 80.2 Å². The van der Waals surface area contributed by atoms with Gasteiger partial charge in [-0.1, -0.05) is 426 Å². The van der Waals surface area contributed by atoms with Gasteiger partial charge in [0.05, 0.1) is 26.4 Å². The van der Waals surface area contributed by atoms with Crippen LogP contribution in [0.3, 0.4) is 0 Å². The van der Waals surface area contributed by atoms with Gasteiger partial charge in [-0.05, 0) is 31.6 Å². The molecule has 0 aliphatic carbocycles. The fraction of sp³-hybridized carbons (Fsp3) is 0.955. The highest BCUT2D eigenvalue weighted by Crippen LogP contribution is 2.45. The lowest BCUT2D eigenvalue weighted by atomic mass is 10.0. The molecule has 0 rings (SSSR count). The predicted molar refractivity (Wildman–Crippen MR) is 442 cm³/mol. The van der Waals surface area contributed by atoms with Crippen molar-refractivity contribution in [3.05, 3.63) is 0 Å². The van der Waals surface area contributed by atoms with Crippen molar-refractivity contribution >= 4 is 39.5 Å². The van der Waals surface area contributed by atoms with Crippen LogP contribution in [0.1, 0.15) is 478 Å². The Kier molecular flexibility index (Phi) is 79.2. The summed E-state index contributed by atoms with van der Waals surface area (Å²) in [6.07, 6.45) is 75.2. The number of rotatable bonds is 88. The van der Waals surface area contributed by atoms with E-state index in [0.717, 1.165) is 95.8 Å². The van der Waals surface area contributed by atoms with E-state index in [0.29, 0.717) is 25.7 Å². The minimum atomic E-state index is -4.97. The van der Waals surface area contributed by atoms with E-state index < -0.39 is 97.5 Å². The highest BCUT2D eigenvalue weighted by molar-refractivity contribution is 7.47. The van der Waals surface area contributed by atoms with Crippen LogP contribution in [0.25, 0.3) is 0 Å². The van der Waals surface area contributed by atoms with Crippen molar-refractivity contribution in [2.45, 2.75) is 496 Å². The summed E-state index contributed by atoms with van der Waals surface area (Å²) >= 11 is 0. The monoisotopic (exact) mass is 1560 g/mol. The second-order valence-corrected chi connectivity index (χ2v) is 35.0. The van der Waals surface area contributed by atoms with E-state index >= 15 is 0 Å². The molecule has 0 fully saturated rings. The first-order valence-electron chi connectivity index (χ1n) is 45.6. The highest BCUT2D eigenvalue weighted by Gasteiger charge is 2.30. The number of aliphatic hydroxyl groups is 1. The number of ether oxygens (including phenoxy) is 4. The topological polar surface area (TPSA) is 237 Å². The Morgan fingerprint density at radius 2 is 0.430 bits per heavy atom. The van der Waals surface area contributed by atoms with E-state index in [9.17, 15) is 43.2 Å². The lowest BCUT2D eigenvalue weighted by Gasteiger charge is -2.21. The molecule has 0 aliphatic heterocycles. The number of unbranched alkanes of at least 4 members (excludes halogenated alkanes) is 60. The van der Waals surface area contributed by atoms with Crippen molar-refractivity contribution in [3.8, 4) is 0 Å². The fourth-order valence-corrected chi connectivity index (χ4v) is 15.4. The van der Waals surface area contributed by atoms with E-state index in [1.807, 2.05) is 0 Å². The third-order valence-corrected chi connectivity index (χ3v) is 22.7. The van der Waals surface area contributed by atoms with Gasteiger partial charge in [-0.15, -0.1) is 0 Å². The third-order valence-electron chi connectivity index (χ3n) is 20.8. The number of aliphatic hydroxyl groups excluding tert-OH is 1. The van der Waals surface area contributed by atoms with E-state index in [-0.39, 0.29) is 25.7 Å². The molecule has 0 aromatic heterocycles. The number of phosphoric ester groups is 2. The van der Waals surface area contributed by atoms with Gasteiger partial charge in [0.1, 0.15) is 19.3 Å². The molecule has 0 bridgehead atoms. The van der Waals surface area contributed by atoms with Gasteiger partial charge in [-0.25, -0.2) is 9.13 Å². The molecule has 0 aliphatic rings. The Labute approximate surface area is 658 Å². The highest BCUT2D eigenvalue weighted by atomic mass is 31.2. The van der Waals surface area contributed by atoms with Crippen molar-refractivity contribution in [1.82, 2.24) is 0 Å². The summed E-state index contributed by atoms with van der Waals surface area (Å²) in [6, 6.07) is 0. The fourth-order valence-electron chi connectivity index (χ4n) is 13.8. The predicted octanol–water partition coefficient (Wildman–Crippen LogP) is 27.2. The van der Waals surface area contributed by atoms with E-state index in [4.69, 9.17) is 37.0 Å². The molecular weight excluding hydrogens is 1390 g/mol. The first-order valence-corrected chi connectivity index (χ1v) is 48.6. The number of hydrogen-bond acceptors (Lipinski definition) is 15. The maximum absolute atomic E-state index is 13.2. The van der Waals surface area contributed by atoms with Gasteiger partial charge < -0.3 is 33.8 Å². The molecule has 0 aromatic rings. The van der Waals surface area contributed by atoms with Crippen LogP contribution < -0.4 is 0 Å². The third kappa shape index (κ3) is 81.9. The second kappa shape index (κ2) is 80.7. The average molecular weight is 1560 g/mol. The summed E-state index contributed by atoms with van der Waals surface area (Å²) in [6.45, 7) is 7.38. The van der Waals surface area contributed by atoms with Gasteiger partial charge in [0.25, 0.3) is 0 Å². The molecule has 0 spiro atoms. The number of carbonyl (C=O) groups excluding carboxylic acids is 4. The van der Waals surface area contributed by atoms with Gasteiger partial charge in [0.15, 0.2) is 12.2 Å². The summed E-state index contributed by atoms with van der Waals surface area (Å²) in [5.74, 6) is -1.30. The standard InChI is InChI=1S/C88H172O17P2/c1-6-9-12-15-18-21-23-25-27-29-31-33-35-37-39-44-48-53-58-63-68-73-88(93)105-84(78-99-86(91)72-67-62-57-52-47-43-38-36-34-32-30-28-26-24-22-19-16-13-10-7-2)80-103-107(96,97)101-76-82(89)75-100-106(94,95)102-79-83(77-98-85(90)71-66-61-56-50-20-17-14-11-8-3)104-87(92)74-69-64-59-54-49-45-41-40-42-46-51-55-60-65-70-81(4)5/h81-84,89H,6-80H2,1-5H3,(H,94,95)(H,96,97)/t82-,83+,84+/m0/s1. The average Bonchev–Trinajstić information content (AvgIpc) is 0.902. The maximum Gasteiger partial charge on any atom is 0.472 e. The van der Waals surface area contributed by atoms with E-state index in [1.54, 1.807) is 0 Å². The minimum absolute atomic E-state index is 0.108. The van der Waals surface area contributed by atoms with E-state index in [2.05, 4.69) is 34.6 Å². The summed E-state index contributed by atoms with van der Waals surface area (Å²) in [7, 11) is -9.93. The van der Waals surface area contributed by atoms with Gasteiger partial charge in [0.2, 0.25) is 0 Å². The Morgan fingerprint density at radius 3 is 0.636 bits per heavy atom. The summed E-state index contributed by atoms with van der Waals surface area (Å²) in [5.41, 5.74) is 0. The molecule has 5 atom stereocenters. The zero-order valence-corrected chi connectivity index (χ0v) is 72.1. The summed E-state index contributed by atoms with van der Waals surface area (Å²) < 4.78 is 68.9. The first kappa shape index (κ1) is 105. The van der Waals surface area contributed by atoms with Crippen LogP contribution in [0.2, 0.25) is 0 Å². The quantitative estimate of drug-likeness (QED) is 0.0222. The van der Waals surface area contributed by atoms with Crippen LogP contribution in [0.5, 0.6) is 0 Å². The molecule has 17 nitrogen and oxygen atoms in total. The Bertz CT molecular complexity index is 2030. The zero-order chi connectivity index (χ0) is 78.3. The number of esters is 4. The van der Waals surface area contributed by atoms with Crippen molar-refractivity contribution in [1.29, 1.82) is 0 Å². The smallest absolute Gasteiger partial charge is 0.462 e. The normalized spacial score (nSPS) is 13.7. The Morgan fingerprint density at radius 1 is 0.252 bits per heavy atom. The number of hydrogen-bond donors (Lipinski definition) is 3. The molecule has 0 amide bonds. The lowest BCUT2D eigenvalue weighted by Crippen LogP contribution is -2.30. The van der Waals surface area contributed by atoms with Crippen LogP contribution in [-0.4, -0.2) is 96.7 Å². The van der Waals surface area contributed by atoms with Crippen LogP contribution in [0.15, 0.2) is 0 Å². The van der Waals surface area contributed by atoms with Gasteiger partial charge in [-0.2, -0.15) is 0 Å². The molecule has 107 heavy (non-hydrogen) atoms. The first-order chi connectivity index (χ1) is 52.0. The van der Waals surface area contributed by atoms with Crippen molar-refractivity contribution in [3.63, 3.8) is 0 Å². The van der Waals surface area contributed by atoms with Crippen molar-refractivity contribution in [2.24, 2.45) is 5.92 Å². The molecule has 0 aromatic carbocycles. The Balaban J connectivity index is 5.20. The number of phosphoric acid groups is 2. The SMILES string of the molecule is CCCCCCCCCCCCCCCCCCCCCCCC(=O)O[C@H](COC(=O)CCCCCCCCCCCCCCCCCCCCCC)COP(=O)(O)OC[C@@H](O)COP(=O)(O)OC[C@@H](COC(=O)CCCCCCCCCCC)OC(=O)CCCCCCCCCCCCCCCCC(C)C. The Hall–Kier alpha value is -1.94. The summed E-state index contributed by atoms with van der Waals surface area (Å²) in [4.78, 5) is 73.2. The van der Waals surface area contributed by atoms with Gasteiger partial charge in [-0.3, -0.25) is 37.3 Å². The molecule has 0 radical (unpaired) electrons.